The third-order valence-electron chi connectivity index (χ3n) is 2.57. The number of carbonyl (C=O) groups is 2. The Balaban J connectivity index is 3.01. The molecule has 0 spiro atoms. The van der Waals surface area contributed by atoms with Gasteiger partial charge in [0.25, 0.3) is 0 Å². The summed E-state index contributed by atoms with van der Waals surface area (Å²) in [4.78, 5) is 23.4. The molecule has 1 aromatic rings. The number of nitrogens with one attached hydrogen (secondary N) is 1. The van der Waals surface area contributed by atoms with E-state index in [1.54, 1.807) is 25.1 Å². The Kier molecular flexibility index (Phi) is 6.03. The van der Waals surface area contributed by atoms with E-state index in [1.165, 1.54) is 0 Å². The van der Waals surface area contributed by atoms with Crippen LogP contribution in [0.1, 0.15) is 38.1 Å². The second-order valence-corrected chi connectivity index (χ2v) is 4.51. The molecule has 110 valence electrons. The van der Waals surface area contributed by atoms with Crippen LogP contribution in [0, 0.1) is 5.92 Å². The van der Waals surface area contributed by atoms with Crippen LogP contribution >= 0.6 is 0 Å². The van der Waals surface area contributed by atoms with Gasteiger partial charge in [0.1, 0.15) is 5.75 Å². The van der Waals surface area contributed by atoms with Gasteiger partial charge in [0.05, 0.1) is 24.5 Å². The summed E-state index contributed by atoms with van der Waals surface area (Å²) in [5, 5.41) is 2.78. The molecule has 0 saturated carbocycles. The van der Waals surface area contributed by atoms with Gasteiger partial charge < -0.3 is 14.8 Å². The molecule has 5 heteroatoms. The van der Waals surface area contributed by atoms with Crippen LogP contribution in [0.2, 0.25) is 0 Å². The summed E-state index contributed by atoms with van der Waals surface area (Å²) < 4.78 is 10.4. The maximum atomic E-state index is 11.7. The molecule has 0 fully saturated rings. The van der Waals surface area contributed by atoms with E-state index in [0.717, 1.165) is 0 Å². The lowest BCUT2D eigenvalue weighted by atomic mass is 10.1. The number of hydrogen-bond donors (Lipinski definition) is 1. The van der Waals surface area contributed by atoms with Crippen molar-refractivity contribution in [2.45, 2.75) is 27.7 Å². The minimum atomic E-state index is -0.407. The van der Waals surface area contributed by atoms with Crippen molar-refractivity contribution >= 4 is 17.6 Å². The molecule has 1 N–H and O–H groups in total. The monoisotopic (exact) mass is 279 g/mol. The minimum absolute atomic E-state index is 0.102. The fraction of sp³-hybridized carbons (Fsp3) is 0.467. The molecule has 0 aliphatic heterocycles. The summed E-state index contributed by atoms with van der Waals surface area (Å²) in [6.45, 7) is 7.96. The maximum absolute atomic E-state index is 11.7. The molecule has 0 unspecified atom stereocenters. The highest BCUT2D eigenvalue weighted by molar-refractivity contribution is 5.95. The molecule has 0 bridgehead atoms. The molecule has 0 aliphatic carbocycles. The van der Waals surface area contributed by atoms with Crippen molar-refractivity contribution in [3.63, 3.8) is 0 Å². The molecule has 0 aromatic heterocycles. The number of esters is 1. The van der Waals surface area contributed by atoms with Crippen molar-refractivity contribution in [3.05, 3.63) is 23.8 Å². The van der Waals surface area contributed by atoms with Crippen LogP contribution in [0.3, 0.4) is 0 Å². The standard InChI is InChI=1S/C15H21NO4/c1-5-19-13-9-11(15(18)20-6-2)7-8-12(13)16-14(17)10(3)4/h7-10H,5-6H2,1-4H3,(H,16,17). The fourth-order valence-electron chi connectivity index (χ4n) is 1.52. The van der Waals surface area contributed by atoms with Crippen LogP contribution in [0.4, 0.5) is 5.69 Å². The summed E-state index contributed by atoms with van der Waals surface area (Å²) in [5.74, 6) is -0.175. The lowest BCUT2D eigenvalue weighted by molar-refractivity contribution is -0.118. The Bertz CT molecular complexity index is 483. The second kappa shape index (κ2) is 7.53. The van der Waals surface area contributed by atoms with Gasteiger partial charge in [-0.05, 0) is 32.0 Å². The molecule has 1 amide bonds. The molecule has 0 atom stereocenters. The highest BCUT2D eigenvalue weighted by Gasteiger charge is 2.14. The van der Waals surface area contributed by atoms with E-state index in [2.05, 4.69) is 5.32 Å². The Hall–Kier alpha value is -2.04. The first-order chi connectivity index (χ1) is 9.49. The van der Waals surface area contributed by atoms with Crippen molar-refractivity contribution < 1.29 is 19.1 Å². The number of carbonyl (C=O) groups excluding carboxylic acids is 2. The Morgan fingerprint density at radius 3 is 2.45 bits per heavy atom. The van der Waals surface area contributed by atoms with Crippen LogP contribution in [0.5, 0.6) is 5.75 Å². The van der Waals surface area contributed by atoms with Crippen molar-refractivity contribution in [1.29, 1.82) is 0 Å². The summed E-state index contributed by atoms with van der Waals surface area (Å²) in [6.07, 6.45) is 0. The van der Waals surface area contributed by atoms with Gasteiger partial charge in [0, 0.05) is 5.92 Å². The second-order valence-electron chi connectivity index (χ2n) is 4.51. The zero-order valence-corrected chi connectivity index (χ0v) is 12.4. The van der Waals surface area contributed by atoms with Crippen LogP contribution in [-0.2, 0) is 9.53 Å². The number of hydrogen-bond acceptors (Lipinski definition) is 4. The zero-order chi connectivity index (χ0) is 15.1. The first-order valence-corrected chi connectivity index (χ1v) is 6.74. The molecule has 0 radical (unpaired) electrons. The van der Waals surface area contributed by atoms with Crippen LogP contribution in [0.25, 0.3) is 0 Å². The molecule has 1 aromatic carbocycles. The van der Waals surface area contributed by atoms with Crippen molar-refractivity contribution in [2.75, 3.05) is 18.5 Å². The Morgan fingerprint density at radius 2 is 1.90 bits per heavy atom. The van der Waals surface area contributed by atoms with Gasteiger partial charge in [0.15, 0.2) is 0 Å². The predicted octanol–water partition coefficient (Wildman–Crippen LogP) is 2.86. The molecule has 5 nitrogen and oxygen atoms in total. The molecular weight excluding hydrogens is 258 g/mol. The van der Waals surface area contributed by atoms with Gasteiger partial charge in [-0.3, -0.25) is 4.79 Å². The smallest absolute Gasteiger partial charge is 0.338 e. The van der Waals surface area contributed by atoms with E-state index in [4.69, 9.17) is 9.47 Å². The summed E-state index contributed by atoms with van der Waals surface area (Å²) in [6, 6.07) is 4.84. The van der Waals surface area contributed by atoms with Crippen LogP contribution in [-0.4, -0.2) is 25.1 Å². The third-order valence-corrected chi connectivity index (χ3v) is 2.57. The molecule has 1 rings (SSSR count). The van der Waals surface area contributed by atoms with E-state index in [9.17, 15) is 9.59 Å². The summed E-state index contributed by atoms with van der Waals surface area (Å²) in [5.41, 5.74) is 0.955. The highest BCUT2D eigenvalue weighted by atomic mass is 16.5. The van der Waals surface area contributed by atoms with E-state index in [0.29, 0.717) is 30.2 Å². The number of anilines is 1. The molecule has 20 heavy (non-hydrogen) atoms. The molecule has 0 saturated heterocycles. The first kappa shape index (κ1) is 16.0. The lowest BCUT2D eigenvalue weighted by Gasteiger charge is -2.14. The zero-order valence-electron chi connectivity index (χ0n) is 12.4. The average Bonchev–Trinajstić information content (AvgIpc) is 2.41. The maximum Gasteiger partial charge on any atom is 0.338 e. The Morgan fingerprint density at radius 1 is 1.20 bits per heavy atom. The average molecular weight is 279 g/mol. The van der Waals surface area contributed by atoms with Crippen molar-refractivity contribution in [2.24, 2.45) is 5.92 Å². The number of ether oxygens (including phenoxy) is 2. The molecule has 0 aliphatic rings. The van der Waals surface area contributed by atoms with E-state index >= 15 is 0 Å². The first-order valence-electron chi connectivity index (χ1n) is 6.74. The number of rotatable bonds is 6. The van der Waals surface area contributed by atoms with Gasteiger partial charge in [-0.15, -0.1) is 0 Å². The quantitative estimate of drug-likeness (QED) is 0.813. The van der Waals surface area contributed by atoms with Gasteiger partial charge in [-0.25, -0.2) is 4.79 Å². The molecular formula is C15H21NO4. The Labute approximate surface area is 119 Å². The minimum Gasteiger partial charge on any atom is -0.492 e. The van der Waals surface area contributed by atoms with Crippen molar-refractivity contribution in [3.8, 4) is 5.75 Å². The van der Waals surface area contributed by atoms with Crippen LogP contribution in [0.15, 0.2) is 18.2 Å². The van der Waals surface area contributed by atoms with Gasteiger partial charge >= 0.3 is 5.97 Å². The van der Waals surface area contributed by atoms with E-state index in [-0.39, 0.29) is 11.8 Å². The van der Waals surface area contributed by atoms with E-state index in [1.807, 2.05) is 20.8 Å². The predicted molar refractivity (Wildman–Crippen MR) is 77.0 cm³/mol. The van der Waals surface area contributed by atoms with Gasteiger partial charge in [0.2, 0.25) is 5.91 Å². The van der Waals surface area contributed by atoms with E-state index < -0.39 is 5.97 Å². The van der Waals surface area contributed by atoms with Crippen LogP contribution < -0.4 is 10.1 Å². The summed E-state index contributed by atoms with van der Waals surface area (Å²) in [7, 11) is 0. The number of amides is 1. The number of benzene rings is 1. The SMILES string of the molecule is CCOC(=O)c1ccc(NC(=O)C(C)C)c(OCC)c1. The summed E-state index contributed by atoms with van der Waals surface area (Å²) >= 11 is 0. The van der Waals surface area contributed by atoms with Crippen molar-refractivity contribution in [1.82, 2.24) is 0 Å². The van der Waals surface area contributed by atoms with Gasteiger partial charge in [-0.1, -0.05) is 13.8 Å². The topological polar surface area (TPSA) is 64.6 Å². The third kappa shape index (κ3) is 4.26. The highest BCUT2D eigenvalue weighted by Crippen LogP contribution is 2.27. The largest absolute Gasteiger partial charge is 0.492 e. The fourth-order valence-corrected chi connectivity index (χ4v) is 1.52. The molecule has 0 heterocycles. The van der Waals surface area contributed by atoms with Gasteiger partial charge in [-0.2, -0.15) is 0 Å². The normalized spacial score (nSPS) is 10.2. The lowest BCUT2D eigenvalue weighted by Crippen LogP contribution is -2.18.